The van der Waals surface area contributed by atoms with E-state index < -0.39 is 31.8 Å². The molecule has 0 aliphatic rings. The van der Waals surface area contributed by atoms with Crippen LogP contribution in [0.2, 0.25) is 0 Å². The topological polar surface area (TPSA) is 113 Å². The molecule has 3 aromatic carbocycles. The maximum atomic E-state index is 13.0. The van der Waals surface area contributed by atoms with Crippen LogP contribution in [0.5, 0.6) is 0 Å². The fourth-order valence-electron chi connectivity index (χ4n) is 2.68. The van der Waals surface area contributed by atoms with Gasteiger partial charge in [0.25, 0.3) is 15.9 Å². The molecule has 0 unspecified atom stereocenters. The van der Waals surface area contributed by atoms with Gasteiger partial charge in [0, 0.05) is 31.0 Å². The zero-order chi connectivity index (χ0) is 23.5. The summed E-state index contributed by atoms with van der Waals surface area (Å²) in [6, 6.07) is 15.8. The number of carbonyl (C=O) groups excluding carboxylic acids is 1. The number of carbonyl (C=O) groups is 1. The van der Waals surface area contributed by atoms with Gasteiger partial charge >= 0.3 is 0 Å². The van der Waals surface area contributed by atoms with E-state index in [1.165, 1.54) is 74.8 Å². The average Bonchev–Trinajstić information content (AvgIpc) is 2.75. The van der Waals surface area contributed by atoms with Gasteiger partial charge in [0.05, 0.1) is 9.79 Å². The lowest BCUT2D eigenvalue weighted by Crippen LogP contribution is -2.22. The Labute approximate surface area is 185 Å². The van der Waals surface area contributed by atoms with Crippen molar-refractivity contribution in [2.24, 2.45) is 0 Å². The molecule has 0 saturated carbocycles. The summed E-state index contributed by atoms with van der Waals surface area (Å²) in [4.78, 5) is 12.5. The maximum Gasteiger partial charge on any atom is 0.261 e. The molecule has 0 aliphatic heterocycles. The summed E-state index contributed by atoms with van der Waals surface area (Å²) in [6.07, 6.45) is 0. The Morgan fingerprint density at radius 3 is 2.09 bits per heavy atom. The predicted molar refractivity (Wildman–Crippen MR) is 119 cm³/mol. The van der Waals surface area contributed by atoms with Gasteiger partial charge < -0.3 is 5.32 Å². The minimum atomic E-state index is -4.03. The molecule has 0 aliphatic carbocycles. The van der Waals surface area contributed by atoms with E-state index >= 15 is 0 Å². The van der Waals surface area contributed by atoms with E-state index in [9.17, 15) is 26.0 Å². The van der Waals surface area contributed by atoms with Crippen LogP contribution in [0.25, 0.3) is 0 Å². The summed E-state index contributed by atoms with van der Waals surface area (Å²) in [6.45, 7) is 0. The number of hydrogen-bond acceptors (Lipinski definition) is 5. The molecule has 0 saturated heterocycles. The fourth-order valence-corrected chi connectivity index (χ4v) is 4.74. The molecular weight excluding hydrogens is 457 g/mol. The van der Waals surface area contributed by atoms with Crippen LogP contribution in [0.15, 0.2) is 82.6 Å². The Balaban J connectivity index is 1.82. The van der Waals surface area contributed by atoms with E-state index in [4.69, 9.17) is 0 Å². The number of anilines is 2. The molecule has 2 N–H and O–H groups in total. The molecule has 0 fully saturated rings. The summed E-state index contributed by atoms with van der Waals surface area (Å²) in [5.74, 6) is -1.13. The molecule has 0 radical (unpaired) electrons. The average molecular weight is 478 g/mol. The van der Waals surface area contributed by atoms with Crippen LogP contribution in [-0.2, 0) is 20.0 Å². The van der Waals surface area contributed by atoms with Gasteiger partial charge in [-0.15, -0.1) is 0 Å². The van der Waals surface area contributed by atoms with Crippen molar-refractivity contribution in [2.45, 2.75) is 9.79 Å². The Bertz CT molecular complexity index is 1360. The molecule has 0 heterocycles. The van der Waals surface area contributed by atoms with Gasteiger partial charge in [-0.1, -0.05) is 12.1 Å². The third-order valence-electron chi connectivity index (χ3n) is 4.37. The Hall–Kier alpha value is -3.28. The van der Waals surface area contributed by atoms with E-state index in [1.54, 1.807) is 0 Å². The summed E-state index contributed by atoms with van der Waals surface area (Å²) in [7, 11) is -4.92. The van der Waals surface area contributed by atoms with Crippen LogP contribution in [0.4, 0.5) is 15.8 Å². The standard InChI is InChI=1S/C21H20FN3O5S2/c1-25(2)32(29,30)20-8-4-6-18(14-20)23-21(26)15-5-3-7-19(13-15)31(27,28)24-17-11-9-16(22)10-12-17/h3-14,24H,1-2H3,(H,23,26). The van der Waals surface area contributed by atoms with Gasteiger partial charge in [0.1, 0.15) is 5.82 Å². The van der Waals surface area contributed by atoms with Gasteiger partial charge in [-0.25, -0.2) is 25.5 Å². The first kappa shape index (κ1) is 23.4. The monoisotopic (exact) mass is 477 g/mol. The molecule has 1 amide bonds. The normalized spacial score (nSPS) is 11.9. The summed E-state index contributed by atoms with van der Waals surface area (Å²) in [5, 5.41) is 2.57. The molecule has 0 spiro atoms. The van der Waals surface area contributed by atoms with Crippen LogP contribution in [0.3, 0.4) is 0 Å². The highest BCUT2D eigenvalue weighted by Crippen LogP contribution is 2.21. The number of hydrogen-bond donors (Lipinski definition) is 2. The van der Waals surface area contributed by atoms with Gasteiger partial charge in [-0.3, -0.25) is 9.52 Å². The van der Waals surface area contributed by atoms with E-state index in [2.05, 4.69) is 10.0 Å². The Morgan fingerprint density at radius 1 is 0.812 bits per heavy atom. The SMILES string of the molecule is CN(C)S(=O)(=O)c1cccc(NC(=O)c2cccc(S(=O)(=O)Nc3ccc(F)cc3)c2)c1. The fraction of sp³-hybridized carbons (Fsp3) is 0.0952. The number of benzene rings is 3. The van der Waals surface area contributed by atoms with Crippen molar-refractivity contribution in [3.8, 4) is 0 Å². The van der Waals surface area contributed by atoms with Gasteiger partial charge in [-0.05, 0) is 60.7 Å². The second kappa shape index (κ2) is 9.07. The zero-order valence-electron chi connectivity index (χ0n) is 17.1. The second-order valence-electron chi connectivity index (χ2n) is 6.91. The van der Waals surface area contributed by atoms with Crippen molar-refractivity contribution in [2.75, 3.05) is 24.1 Å². The Morgan fingerprint density at radius 2 is 1.44 bits per heavy atom. The molecule has 0 aromatic heterocycles. The third-order valence-corrected chi connectivity index (χ3v) is 7.56. The smallest absolute Gasteiger partial charge is 0.261 e. The lowest BCUT2D eigenvalue weighted by Gasteiger charge is -2.13. The highest BCUT2D eigenvalue weighted by Gasteiger charge is 2.19. The quantitative estimate of drug-likeness (QED) is 0.543. The maximum absolute atomic E-state index is 13.0. The molecule has 8 nitrogen and oxygen atoms in total. The third kappa shape index (κ3) is 5.31. The van der Waals surface area contributed by atoms with Crippen molar-refractivity contribution in [3.63, 3.8) is 0 Å². The number of rotatable bonds is 7. The minimum Gasteiger partial charge on any atom is -0.322 e. The van der Waals surface area contributed by atoms with Crippen LogP contribution >= 0.6 is 0 Å². The number of halogens is 1. The summed E-state index contributed by atoms with van der Waals surface area (Å²) >= 11 is 0. The largest absolute Gasteiger partial charge is 0.322 e. The van der Waals surface area contributed by atoms with Crippen LogP contribution in [0, 0.1) is 5.82 Å². The van der Waals surface area contributed by atoms with Crippen molar-refractivity contribution in [1.82, 2.24) is 4.31 Å². The van der Waals surface area contributed by atoms with Gasteiger partial charge in [0.15, 0.2) is 0 Å². The van der Waals surface area contributed by atoms with Crippen LogP contribution < -0.4 is 10.0 Å². The van der Waals surface area contributed by atoms with E-state index in [1.807, 2.05) is 0 Å². The summed E-state index contributed by atoms with van der Waals surface area (Å²) < 4.78 is 66.2. The van der Waals surface area contributed by atoms with E-state index in [-0.39, 0.29) is 26.7 Å². The highest BCUT2D eigenvalue weighted by molar-refractivity contribution is 7.92. The molecule has 0 bridgehead atoms. The van der Waals surface area contributed by atoms with Crippen LogP contribution in [-0.4, -0.2) is 41.1 Å². The first-order valence-corrected chi connectivity index (χ1v) is 12.1. The highest BCUT2D eigenvalue weighted by atomic mass is 32.2. The lowest BCUT2D eigenvalue weighted by molar-refractivity contribution is 0.102. The van der Waals surface area contributed by atoms with Crippen molar-refractivity contribution < 1.29 is 26.0 Å². The lowest BCUT2D eigenvalue weighted by atomic mass is 10.2. The molecular formula is C21H20FN3O5S2. The van der Waals surface area contributed by atoms with E-state index in [0.29, 0.717) is 0 Å². The summed E-state index contributed by atoms with van der Waals surface area (Å²) in [5.41, 5.74) is 0.448. The second-order valence-corrected chi connectivity index (χ2v) is 10.7. The molecule has 168 valence electrons. The zero-order valence-corrected chi connectivity index (χ0v) is 18.7. The number of amides is 1. The first-order chi connectivity index (χ1) is 15.0. The van der Waals surface area contributed by atoms with E-state index in [0.717, 1.165) is 16.4 Å². The molecule has 3 rings (SSSR count). The number of sulfonamides is 2. The number of nitrogens with one attached hydrogen (secondary N) is 2. The molecule has 32 heavy (non-hydrogen) atoms. The first-order valence-electron chi connectivity index (χ1n) is 9.21. The van der Waals surface area contributed by atoms with Crippen molar-refractivity contribution >= 4 is 37.3 Å². The van der Waals surface area contributed by atoms with Gasteiger partial charge in [-0.2, -0.15) is 0 Å². The predicted octanol–water partition coefficient (Wildman–Crippen LogP) is 3.13. The molecule has 11 heteroatoms. The molecule has 3 aromatic rings. The molecule has 0 atom stereocenters. The van der Waals surface area contributed by atoms with Crippen molar-refractivity contribution in [3.05, 3.63) is 84.2 Å². The van der Waals surface area contributed by atoms with Crippen molar-refractivity contribution in [1.29, 1.82) is 0 Å². The van der Waals surface area contributed by atoms with Crippen LogP contribution in [0.1, 0.15) is 10.4 Å². The Kier molecular flexibility index (Phi) is 6.63. The van der Waals surface area contributed by atoms with Gasteiger partial charge in [0.2, 0.25) is 10.0 Å². The minimum absolute atomic E-state index is 0.000117. The number of nitrogens with zero attached hydrogens (tertiary/aromatic N) is 1.